The highest BCUT2D eigenvalue weighted by Gasteiger charge is 2.37. The summed E-state index contributed by atoms with van der Waals surface area (Å²) >= 11 is 0.876. The Bertz CT molecular complexity index is 1050. The minimum absolute atomic E-state index is 0.178. The minimum Gasteiger partial charge on any atom is -0.407 e. The van der Waals surface area contributed by atoms with E-state index >= 15 is 0 Å². The van der Waals surface area contributed by atoms with Gasteiger partial charge in [0.05, 0.1) is 31.0 Å². The van der Waals surface area contributed by atoms with Crippen LogP contribution in [0.1, 0.15) is 13.8 Å². The summed E-state index contributed by atoms with van der Waals surface area (Å²) in [6.45, 7) is 3.81. The smallest absolute Gasteiger partial charge is 0.407 e. The third-order valence-corrected chi connectivity index (χ3v) is 7.46. The van der Waals surface area contributed by atoms with Gasteiger partial charge < -0.3 is 4.74 Å². The zero-order chi connectivity index (χ0) is 22.3. The van der Waals surface area contributed by atoms with Gasteiger partial charge in [-0.2, -0.15) is 0 Å². The molecule has 0 aliphatic carbocycles. The maximum Gasteiger partial charge on any atom is 0.446 e. The largest absolute Gasteiger partial charge is 0.446 e. The second-order valence-electron chi connectivity index (χ2n) is 6.19. The number of amides is 1. The van der Waals surface area contributed by atoms with Gasteiger partial charge in [-0.05, 0) is 38.1 Å². The van der Waals surface area contributed by atoms with Crippen LogP contribution in [0.3, 0.4) is 0 Å². The number of carbonyl (C=O) groups is 1. The van der Waals surface area contributed by atoms with Crippen molar-refractivity contribution in [1.82, 2.24) is 9.29 Å². The second kappa shape index (κ2) is 10.6. The lowest BCUT2D eigenvalue weighted by atomic mass is 10.2. The Balaban J connectivity index is 1.85. The number of aromatic nitrogens is 1. The van der Waals surface area contributed by atoms with Crippen molar-refractivity contribution in [2.24, 2.45) is 0 Å². The average Bonchev–Trinajstić information content (AvgIpc) is 2.78. The van der Waals surface area contributed by atoms with Crippen molar-refractivity contribution in [3.63, 3.8) is 0 Å². The van der Waals surface area contributed by atoms with Gasteiger partial charge in [-0.3, -0.25) is 14.0 Å². The van der Waals surface area contributed by atoms with Crippen LogP contribution in [0.4, 0.5) is 10.5 Å². The monoisotopic (exact) mass is 461 g/mol. The highest BCUT2D eigenvalue weighted by Crippen LogP contribution is 2.58. The Labute approximate surface area is 186 Å². The summed E-state index contributed by atoms with van der Waals surface area (Å²) in [5, 5.41) is 0.853. The maximum absolute atomic E-state index is 13.5. The molecule has 8 nitrogen and oxygen atoms in total. The zero-order valence-corrected chi connectivity index (χ0v) is 19.2. The summed E-state index contributed by atoms with van der Waals surface area (Å²) in [4.78, 5) is 17.1. The Morgan fingerprint density at radius 2 is 1.68 bits per heavy atom. The number of nitrogens with zero attached hydrogens (tertiary/aromatic N) is 3. The molecule has 3 rings (SSSR count). The molecule has 0 aliphatic rings. The van der Waals surface area contributed by atoms with Crippen LogP contribution in [0.25, 0.3) is 10.9 Å². The van der Waals surface area contributed by atoms with Gasteiger partial charge in [0.2, 0.25) is 0 Å². The van der Waals surface area contributed by atoms with E-state index in [0.29, 0.717) is 17.0 Å². The molecule has 0 saturated heterocycles. The number of ether oxygens (including phenoxy) is 1. The number of hydrogen-bond donors (Lipinski definition) is 0. The first kappa shape index (κ1) is 23.1. The Hall–Kier alpha value is -2.58. The topological polar surface area (TPSA) is 81.2 Å². The first-order valence-electron chi connectivity index (χ1n) is 9.70. The number of fused-ring (bicyclic) bond motifs is 1. The van der Waals surface area contributed by atoms with Crippen LogP contribution in [0, 0.1) is 0 Å². The quantitative estimate of drug-likeness (QED) is 0.287. The van der Waals surface area contributed by atoms with Gasteiger partial charge in [0.25, 0.3) is 0 Å². The molecule has 0 spiro atoms. The summed E-state index contributed by atoms with van der Waals surface area (Å²) < 4.78 is 32.6. The fraction of sp³-hybridized carbons (Fsp3) is 0.238. The number of anilines is 1. The van der Waals surface area contributed by atoms with Gasteiger partial charge in [-0.15, -0.1) is 0 Å². The third-order valence-electron chi connectivity index (χ3n) is 4.03. The van der Waals surface area contributed by atoms with Gasteiger partial charge in [0, 0.05) is 18.6 Å². The Kier molecular flexibility index (Phi) is 7.92. The van der Waals surface area contributed by atoms with E-state index in [4.69, 9.17) is 13.8 Å². The molecule has 10 heteroatoms. The van der Waals surface area contributed by atoms with Crippen molar-refractivity contribution in [3.8, 4) is 5.75 Å². The van der Waals surface area contributed by atoms with Gasteiger partial charge in [-0.25, -0.2) is 17.7 Å². The summed E-state index contributed by atoms with van der Waals surface area (Å²) in [7, 11) is -2.21. The van der Waals surface area contributed by atoms with E-state index in [1.54, 1.807) is 56.4 Å². The van der Waals surface area contributed by atoms with Crippen LogP contribution >= 0.6 is 19.9 Å². The third kappa shape index (κ3) is 5.57. The fourth-order valence-corrected chi connectivity index (χ4v) is 5.60. The molecule has 31 heavy (non-hydrogen) atoms. The summed E-state index contributed by atoms with van der Waals surface area (Å²) in [6, 6.07) is 18.0. The van der Waals surface area contributed by atoms with Crippen molar-refractivity contribution in [1.29, 1.82) is 0 Å². The van der Waals surface area contributed by atoms with Gasteiger partial charge in [0.15, 0.2) is 5.75 Å². The summed E-state index contributed by atoms with van der Waals surface area (Å²) in [5.74, 6) is 0.333. The highest BCUT2D eigenvalue weighted by atomic mass is 32.2. The van der Waals surface area contributed by atoms with Gasteiger partial charge in [0.1, 0.15) is 5.52 Å². The molecular weight excluding hydrogens is 437 g/mol. The zero-order valence-electron chi connectivity index (χ0n) is 17.5. The molecule has 0 saturated carbocycles. The van der Waals surface area contributed by atoms with E-state index in [0.717, 1.165) is 17.5 Å². The lowest BCUT2D eigenvalue weighted by Gasteiger charge is -2.31. The predicted molar refractivity (Wildman–Crippen MR) is 123 cm³/mol. The van der Waals surface area contributed by atoms with Crippen LogP contribution in [-0.2, 0) is 13.6 Å². The molecular formula is C21H24N3O5PS. The number of rotatable bonds is 9. The molecule has 0 unspecified atom stereocenters. The molecule has 0 radical (unpaired) electrons. The van der Waals surface area contributed by atoms with Crippen molar-refractivity contribution in [2.45, 2.75) is 13.8 Å². The predicted octanol–water partition coefficient (Wildman–Crippen LogP) is 5.92. The second-order valence-corrected chi connectivity index (χ2v) is 9.39. The molecule has 1 heterocycles. The lowest BCUT2D eigenvalue weighted by Crippen LogP contribution is -2.29. The number of hydrogen-bond acceptors (Lipinski definition) is 7. The van der Waals surface area contributed by atoms with E-state index in [9.17, 15) is 9.36 Å². The average molecular weight is 461 g/mol. The molecule has 1 amide bonds. The van der Waals surface area contributed by atoms with Gasteiger partial charge in [-0.1, -0.05) is 36.4 Å². The number of carbonyl (C=O) groups excluding carboxylic acids is 1. The Morgan fingerprint density at radius 3 is 2.35 bits per heavy atom. The molecule has 0 atom stereocenters. The molecule has 0 N–H and O–H groups in total. The standard InChI is InChI=1S/C21H24N3O5PS/c1-4-27-30(26,28-5-2)24(18-13-7-6-8-14-18)31-23(3)21(25)29-19-15-9-11-17-12-10-16-22-20(17)19/h6-16H,4-5H2,1-3H3. The number of pyridine rings is 1. The van der Waals surface area contributed by atoms with Crippen LogP contribution in [-0.4, -0.2) is 35.6 Å². The van der Waals surface area contributed by atoms with Crippen molar-refractivity contribution in [3.05, 3.63) is 66.9 Å². The Morgan fingerprint density at radius 1 is 1.00 bits per heavy atom. The molecule has 164 valence electrons. The van der Waals surface area contributed by atoms with Crippen LogP contribution in [0.2, 0.25) is 0 Å². The molecule has 3 aromatic rings. The molecule has 2 aromatic carbocycles. The van der Waals surface area contributed by atoms with E-state index in [-0.39, 0.29) is 13.2 Å². The number of para-hydroxylation sites is 2. The first-order chi connectivity index (χ1) is 15.0. The highest BCUT2D eigenvalue weighted by molar-refractivity contribution is 8.04. The minimum atomic E-state index is -3.73. The molecule has 0 aliphatic heterocycles. The summed E-state index contributed by atoms with van der Waals surface area (Å²) in [5.41, 5.74) is 1.13. The normalized spacial score (nSPS) is 11.3. The van der Waals surface area contributed by atoms with Crippen LogP contribution < -0.4 is 8.81 Å². The fourth-order valence-electron chi connectivity index (χ4n) is 2.72. The van der Waals surface area contributed by atoms with E-state index in [1.165, 1.54) is 15.4 Å². The lowest BCUT2D eigenvalue weighted by molar-refractivity contribution is 0.188. The first-order valence-corrected chi connectivity index (χ1v) is 11.9. The number of benzene rings is 2. The van der Waals surface area contributed by atoms with E-state index in [1.807, 2.05) is 24.3 Å². The molecule has 1 aromatic heterocycles. The van der Waals surface area contributed by atoms with E-state index < -0.39 is 13.8 Å². The van der Waals surface area contributed by atoms with Crippen molar-refractivity contribution in [2.75, 3.05) is 24.3 Å². The van der Waals surface area contributed by atoms with E-state index in [2.05, 4.69) is 4.98 Å². The van der Waals surface area contributed by atoms with Crippen LogP contribution in [0.15, 0.2) is 66.9 Å². The van der Waals surface area contributed by atoms with Crippen molar-refractivity contribution < 1.29 is 23.1 Å². The molecule has 0 fully saturated rings. The SMILES string of the molecule is CCOP(=O)(OCC)N(SN(C)C(=O)Oc1cccc2cccnc12)c1ccccc1. The summed E-state index contributed by atoms with van der Waals surface area (Å²) in [6.07, 6.45) is 0.971. The molecule has 0 bridgehead atoms. The van der Waals surface area contributed by atoms with Gasteiger partial charge >= 0.3 is 13.8 Å². The maximum atomic E-state index is 13.5. The van der Waals surface area contributed by atoms with Crippen molar-refractivity contribution >= 4 is 42.6 Å². The van der Waals surface area contributed by atoms with Crippen LogP contribution in [0.5, 0.6) is 5.75 Å².